The second kappa shape index (κ2) is 10.6. The Bertz CT molecular complexity index is 694. The summed E-state index contributed by atoms with van der Waals surface area (Å²) in [6.07, 6.45) is 4.58. The number of piperidine rings is 1. The van der Waals surface area contributed by atoms with Crippen LogP contribution < -0.4 is 15.5 Å². The van der Waals surface area contributed by atoms with Crippen molar-refractivity contribution in [3.63, 3.8) is 0 Å². The zero-order valence-electron chi connectivity index (χ0n) is 18.3. The lowest BCUT2D eigenvalue weighted by atomic mass is 10.0. The fraction of sp³-hybridized carbons (Fsp3) is 0.652. The van der Waals surface area contributed by atoms with E-state index in [1.165, 1.54) is 5.56 Å². The molecule has 0 bridgehead atoms. The standard InChI is InChI=1S/C23H37N5O/c1-4-24-23(26-20-12-15-27(16-13-20)18(2)3)25-14-7-10-22(29)28-17-11-19-8-5-6-9-21(19)28/h5-6,8-9,18,20H,4,7,10-17H2,1-3H3,(H2,24,25,26). The fourth-order valence-electron chi connectivity index (χ4n) is 4.23. The van der Waals surface area contributed by atoms with Crippen molar-refractivity contribution in [3.05, 3.63) is 29.8 Å². The van der Waals surface area contributed by atoms with Crippen LogP contribution in [0.1, 0.15) is 52.0 Å². The van der Waals surface area contributed by atoms with Gasteiger partial charge >= 0.3 is 0 Å². The molecule has 2 aliphatic rings. The molecule has 3 rings (SSSR count). The van der Waals surface area contributed by atoms with E-state index in [9.17, 15) is 4.79 Å². The highest BCUT2D eigenvalue weighted by molar-refractivity contribution is 5.95. The van der Waals surface area contributed by atoms with Crippen LogP contribution >= 0.6 is 0 Å². The van der Waals surface area contributed by atoms with E-state index in [1.54, 1.807) is 0 Å². The molecule has 0 atom stereocenters. The van der Waals surface area contributed by atoms with Crippen LogP contribution in [0.25, 0.3) is 0 Å². The molecule has 1 aromatic carbocycles. The average Bonchev–Trinajstić information content (AvgIpc) is 3.16. The van der Waals surface area contributed by atoms with Crippen LogP contribution in [0.2, 0.25) is 0 Å². The number of nitrogens with one attached hydrogen (secondary N) is 2. The number of benzene rings is 1. The summed E-state index contributed by atoms with van der Waals surface area (Å²) in [7, 11) is 0. The van der Waals surface area contributed by atoms with Crippen LogP contribution in [-0.2, 0) is 11.2 Å². The second-order valence-electron chi connectivity index (χ2n) is 8.34. The third-order valence-electron chi connectivity index (χ3n) is 5.95. The van der Waals surface area contributed by atoms with E-state index in [0.29, 0.717) is 25.0 Å². The van der Waals surface area contributed by atoms with Crippen molar-refractivity contribution >= 4 is 17.6 Å². The predicted octanol–water partition coefficient (Wildman–Crippen LogP) is 2.78. The van der Waals surface area contributed by atoms with Crippen molar-refractivity contribution < 1.29 is 4.79 Å². The van der Waals surface area contributed by atoms with Crippen molar-refractivity contribution in [2.45, 2.75) is 65.0 Å². The summed E-state index contributed by atoms with van der Waals surface area (Å²) in [6, 6.07) is 9.32. The monoisotopic (exact) mass is 399 g/mol. The Kier molecular flexibility index (Phi) is 7.92. The van der Waals surface area contributed by atoms with Crippen LogP contribution in [-0.4, -0.2) is 61.6 Å². The molecule has 6 heteroatoms. The molecule has 0 unspecified atom stereocenters. The molecule has 6 nitrogen and oxygen atoms in total. The normalized spacial score (nSPS) is 18.2. The minimum absolute atomic E-state index is 0.212. The Morgan fingerprint density at radius 3 is 2.69 bits per heavy atom. The van der Waals surface area contributed by atoms with Gasteiger partial charge in [-0.05, 0) is 58.1 Å². The van der Waals surface area contributed by atoms with Gasteiger partial charge in [0.2, 0.25) is 5.91 Å². The number of para-hydroxylation sites is 1. The molecule has 2 heterocycles. The van der Waals surface area contributed by atoms with E-state index in [4.69, 9.17) is 4.99 Å². The number of rotatable bonds is 7. The zero-order valence-corrected chi connectivity index (χ0v) is 18.3. The zero-order chi connectivity index (χ0) is 20.6. The van der Waals surface area contributed by atoms with Crippen LogP contribution in [0, 0.1) is 0 Å². The first-order valence-electron chi connectivity index (χ1n) is 11.3. The third-order valence-corrected chi connectivity index (χ3v) is 5.95. The number of carbonyl (C=O) groups excluding carboxylic acids is 1. The predicted molar refractivity (Wildman–Crippen MR) is 121 cm³/mol. The Morgan fingerprint density at radius 1 is 1.21 bits per heavy atom. The molecule has 0 saturated carbocycles. The van der Waals surface area contributed by atoms with Crippen molar-refractivity contribution in [2.24, 2.45) is 4.99 Å². The number of fused-ring (bicyclic) bond motifs is 1. The summed E-state index contributed by atoms with van der Waals surface area (Å²) in [5, 5.41) is 6.94. The number of carbonyl (C=O) groups is 1. The highest BCUT2D eigenvalue weighted by Gasteiger charge is 2.24. The highest BCUT2D eigenvalue weighted by Crippen LogP contribution is 2.28. The molecule has 1 aromatic rings. The first-order valence-corrected chi connectivity index (χ1v) is 11.3. The number of hydrogen-bond acceptors (Lipinski definition) is 3. The van der Waals surface area contributed by atoms with Crippen LogP contribution in [0.4, 0.5) is 5.69 Å². The first kappa shape index (κ1) is 21.6. The number of amides is 1. The molecule has 1 saturated heterocycles. The Hall–Kier alpha value is -2.08. The molecule has 1 amide bonds. The van der Waals surface area contributed by atoms with Crippen LogP contribution in [0.3, 0.4) is 0 Å². The molecule has 0 aliphatic carbocycles. The van der Waals surface area contributed by atoms with Gasteiger partial charge in [0.05, 0.1) is 0 Å². The molecule has 160 valence electrons. The molecule has 2 aliphatic heterocycles. The van der Waals surface area contributed by atoms with Crippen molar-refractivity contribution in [1.82, 2.24) is 15.5 Å². The van der Waals surface area contributed by atoms with Gasteiger partial charge in [-0.1, -0.05) is 18.2 Å². The Labute approximate surface area is 175 Å². The topological polar surface area (TPSA) is 60.0 Å². The van der Waals surface area contributed by atoms with Gasteiger partial charge < -0.3 is 20.4 Å². The third kappa shape index (κ3) is 5.95. The van der Waals surface area contributed by atoms with Gasteiger partial charge in [-0.15, -0.1) is 0 Å². The van der Waals surface area contributed by atoms with E-state index >= 15 is 0 Å². The maximum atomic E-state index is 12.6. The van der Waals surface area contributed by atoms with E-state index in [1.807, 2.05) is 17.0 Å². The number of aliphatic imine (C=N–C) groups is 1. The Balaban J connectivity index is 1.43. The van der Waals surface area contributed by atoms with Gasteiger partial charge in [-0.2, -0.15) is 0 Å². The summed E-state index contributed by atoms with van der Waals surface area (Å²) < 4.78 is 0. The maximum Gasteiger partial charge on any atom is 0.227 e. The van der Waals surface area contributed by atoms with Gasteiger partial charge in [0.15, 0.2) is 5.96 Å². The van der Waals surface area contributed by atoms with Crippen molar-refractivity contribution in [2.75, 3.05) is 37.6 Å². The number of nitrogens with zero attached hydrogens (tertiary/aromatic N) is 3. The molecular formula is C23H37N5O. The highest BCUT2D eigenvalue weighted by atomic mass is 16.2. The first-order chi connectivity index (χ1) is 14.1. The lowest BCUT2D eigenvalue weighted by Gasteiger charge is -2.35. The number of likely N-dealkylation sites (tertiary alicyclic amines) is 1. The molecule has 0 radical (unpaired) electrons. The minimum atomic E-state index is 0.212. The molecule has 29 heavy (non-hydrogen) atoms. The van der Waals surface area contributed by atoms with Crippen LogP contribution in [0.15, 0.2) is 29.3 Å². The lowest BCUT2D eigenvalue weighted by molar-refractivity contribution is -0.118. The smallest absolute Gasteiger partial charge is 0.227 e. The summed E-state index contributed by atoms with van der Waals surface area (Å²) in [5.41, 5.74) is 2.37. The van der Waals surface area contributed by atoms with Gasteiger partial charge in [-0.25, -0.2) is 0 Å². The SMILES string of the molecule is CCNC(=NCCCC(=O)N1CCc2ccccc21)NC1CCN(C(C)C)CC1. The fourth-order valence-corrected chi connectivity index (χ4v) is 4.23. The quantitative estimate of drug-likeness (QED) is 0.421. The van der Waals surface area contributed by atoms with Gasteiger partial charge in [0.1, 0.15) is 0 Å². The summed E-state index contributed by atoms with van der Waals surface area (Å²) in [5.74, 6) is 1.10. The van der Waals surface area contributed by atoms with E-state index in [0.717, 1.165) is 63.5 Å². The number of anilines is 1. The summed E-state index contributed by atoms with van der Waals surface area (Å²) >= 11 is 0. The largest absolute Gasteiger partial charge is 0.357 e. The van der Waals surface area contributed by atoms with Gasteiger partial charge in [0, 0.05) is 56.9 Å². The number of guanidine groups is 1. The van der Waals surface area contributed by atoms with E-state index in [2.05, 4.69) is 48.4 Å². The van der Waals surface area contributed by atoms with Crippen LogP contribution in [0.5, 0.6) is 0 Å². The van der Waals surface area contributed by atoms with Gasteiger partial charge in [-0.3, -0.25) is 9.79 Å². The average molecular weight is 400 g/mol. The summed E-state index contributed by atoms with van der Waals surface area (Å²) in [6.45, 7) is 11.2. The Morgan fingerprint density at radius 2 is 1.97 bits per heavy atom. The lowest BCUT2D eigenvalue weighted by Crippen LogP contribution is -2.49. The molecule has 1 fully saturated rings. The minimum Gasteiger partial charge on any atom is -0.357 e. The molecule has 0 spiro atoms. The number of hydrogen-bond donors (Lipinski definition) is 2. The van der Waals surface area contributed by atoms with Crippen molar-refractivity contribution in [3.8, 4) is 0 Å². The molecule has 0 aromatic heterocycles. The second-order valence-corrected chi connectivity index (χ2v) is 8.34. The summed E-state index contributed by atoms with van der Waals surface area (Å²) in [4.78, 5) is 21.8. The van der Waals surface area contributed by atoms with E-state index in [-0.39, 0.29) is 5.91 Å². The molecular weight excluding hydrogens is 362 g/mol. The van der Waals surface area contributed by atoms with Crippen molar-refractivity contribution in [1.29, 1.82) is 0 Å². The maximum absolute atomic E-state index is 12.6. The molecule has 2 N–H and O–H groups in total. The van der Waals surface area contributed by atoms with E-state index < -0.39 is 0 Å². The van der Waals surface area contributed by atoms with Gasteiger partial charge in [0.25, 0.3) is 0 Å².